The molecule has 1 fully saturated rings. The lowest BCUT2D eigenvalue weighted by Gasteiger charge is -2.35. The number of hydrogen-bond acceptors (Lipinski definition) is 5. The number of nitrogens with zero attached hydrogens (tertiary/aromatic N) is 1. The monoisotopic (exact) mass is 469 g/mol. The third-order valence-electron chi connectivity index (χ3n) is 4.94. The van der Waals surface area contributed by atoms with Crippen LogP contribution in [0.2, 0.25) is 5.02 Å². The lowest BCUT2D eigenvalue weighted by atomic mass is 10.0. The maximum absolute atomic E-state index is 13.2. The SMILES string of the molecule is Cc1cc(NC(=O)c2ccccc2Cl)sc1C(=O)N1CCCCC1CNS(C)(=O)=O. The van der Waals surface area contributed by atoms with E-state index in [-0.39, 0.29) is 24.4 Å². The molecule has 30 heavy (non-hydrogen) atoms. The maximum atomic E-state index is 13.2. The molecule has 0 spiro atoms. The number of carbonyl (C=O) groups is 2. The Morgan fingerprint density at radius 1 is 1.27 bits per heavy atom. The second-order valence-electron chi connectivity index (χ2n) is 7.33. The topological polar surface area (TPSA) is 95.6 Å². The molecule has 2 amide bonds. The fraction of sp³-hybridized carbons (Fsp3) is 0.400. The Kier molecular flexibility index (Phi) is 7.18. The first-order valence-corrected chi connectivity index (χ1v) is 12.7. The molecular weight excluding hydrogens is 446 g/mol. The van der Waals surface area contributed by atoms with Crippen molar-refractivity contribution in [3.8, 4) is 0 Å². The van der Waals surface area contributed by atoms with E-state index in [1.54, 1.807) is 35.2 Å². The number of thiophene rings is 1. The standard InChI is InChI=1S/C20H24ClN3O4S2/c1-13-11-17(23-19(25)15-8-3-4-9-16(15)21)29-18(13)20(26)24-10-6-5-7-14(24)12-22-30(2,27)28/h3-4,8-9,11,14,22H,5-7,10,12H2,1-2H3,(H,23,25). The van der Waals surface area contributed by atoms with Gasteiger partial charge in [-0.1, -0.05) is 23.7 Å². The van der Waals surface area contributed by atoms with E-state index >= 15 is 0 Å². The largest absolute Gasteiger partial charge is 0.334 e. The van der Waals surface area contributed by atoms with E-state index in [0.29, 0.717) is 27.0 Å². The zero-order chi connectivity index (χ0) is 21.9. The summed E-state index contributed by atoms with van der Waals surface area (Å²) in [7, 11) is -3.33. The Morgan fingerprint density at radius 2 is 2.00 bits per heavy atom. The molecular formula is C20H24ClN3O4S2. The fourth-order valence-electron chi connectivity index (χ4n) is 3.44. The number of amides is 2. The van der Waals surface area contributed by atoms with Crippen molar-refractivity contribution >= 4 is 49.8 Å². The van der Waals surface area contributed by atoms with Crippen LogP contribution in [0.5, 0.6) is 0 Å². The predicted octanol–water partition coefficient (Wildman–Crippen LogP) is 3.51. The van der Waals surface area contributed by atoms with Crippen molar-refractivity contribution in [2.75, 3.05) is 24.7 Å². The van der Waals surface area contributed by atoms with E-state index in [1.807, 2.05) is 6.92 Å². The smallest absolute Gasteiger partial charge is 0.264 e. The van der Waals surface area contributed by atoms with Gasteiger partial charge in [0.05, 0.1) is 26.7 Å². The van der Waals surface area contributed by atoms with Crippen LogP contribution in [-0.4, -0.2) is 50.5 Å². The number of piperidine rings is 1. The highest BCUT2D eigenvalue weighted by molar-refractivity contribution is 7.88. The first kappa shape index (κ1) is 22.7. The number of rotatable bonds is 6. The zero-order valence-corrected chi connectivity index (χ0v) is 19.2. The lowest BCUT2D eigenvalue weighted by molar-refractivity contribution is 0.0623. The van der Waals surface area contributed by atoms with Gasteiger partial charge in [-0.15, -0.1) is 11.3 Å². The van der Waals surface area contributed by atoms with Gasteiger partial charge in [-0.25, -0.2) is 13.1 Å². The third-order valence-corrected chi connectivity index (χ3v) is 7.10. The van der Waals surface area contributed by atoms with Gasteiger partial charge in [-0.2, -0.15) is 0 Å². The molecule has 7 nitrogen and oxygen atoms in total. The van der Waals surface area contributed by atoms with Crippen LogP contribution >= 0.6 is 22.9 Å². The van der Waals surface area contributed by atoms with Crippen molar-refractivity contribution < 1.29 is 18.0 Å². The Hall–Kier alpha value is -1.94. The number of carbonyl (C=O) groups excluding carboxylic acids is 2. The van der Waals surface area contributed by atoms with Gasteiger partial charge in [0.25, 0.3) is 11.8 Å². The molecule has 2 N–H and O–H groups in total. The highest BCUT2D eigenvalue weighted by Gasteiger charge is 2.30. The van der Waals surface area contributed by atoms with E-state index in [2.05, 4.69) is 10.0 Å². The summed E-state index contributed by atoms with van der Waals surface area (Å²) < 4.78 is 25.4. The Bertz CT molecular complexity index is 1050. The van der Waals surface area contributed by atoms with E-state index in [0.717, 1.165) is 31.1 Å². The molecule has 1 unspecified atom stereocenters. The molecule has 1 aromatic carbocycles. The second kappa shape index (κ2) is 9.47. The van der Waals surface area contributed by atoms with Crippen molar-refractivity contribution in [3.05, 3.63) is 51.4 Å². The van der Waals surface area contributed by atoms with Crippen LogP contribution < -0.4 is 10.0 Å². The van der Waals surface area contributed by atoms with Gasteiger partial charge < -0.3 is 10.2 Å². The molecule has 1 aliphatic heterocycles. The van der Waals surface area contributed by atoms with Gasteiger partial charge >= 0.3 is 0 Å². The number of halogens is 1. The normalized spacial score (nSPS) is 17.0. The van der Waals surface area contributed by atoms with E-state index in [9.17, 15) is 18.0 Å². The van der Waals surface area contributed by atoms with Crippen LogP contribution in [0.3, 0.4) is 0 Å². The number of benzene rings is 1. The number of nitrogens with one attached hydrogen (secondary N) is 2. The van der Waals surface area contributed by atoms with Crippen molar-refractivity contribution in [3.63, 3.8) is 0 Å². The molecule has 0 aliphatic carbocycles. The van der Waals surface area contributed by atoms with Crippen molar-refractivity contribution in [2.24, 2.45) is 0 Å². The fourth-order valence-corrected chi connectivity index (χ4v) is 5.18. The number of anilines is 1. The quantitative estimate of drug-likeness (QED) is 0.676. The van der Waals surface area contributed by atoms with Crippen LogP contribution in [0.15, 0.2) is 30.3 Å². The van der Waals surface area contributed by atoms with Gasteiger partial charge in [0.2, 0.25) is 10.0 Å². The first-order valence-electron chi connectivity index (χ1n) is 9.57. The van der Waals surface area contributed by atoms with Gasteiger partial charge in [-0.3, -0.25) is 9.59 Å². The number of aryl methyl sites for hydroxylation is 1. The average Bonchev–Trinajstić information content (AvgIpc) is 3.05. The number of sulfonamides is 1. The van der Waals surface area contributed by atoms with E-state index in [4.69, 9.17) is 11.6 Å². The summed E-state index contributed by atoms with van der Waals surface area (Å²) in [5, 5.41) is 3.72. The van der Waals surface area contributed by atoms with Crippen LogP contribution in [0.25, 0.3) is 0 Å². The molecule has 1 aromatic heterocycles. The van der Waals surface area contributed by atoms with Crippen LogP contribution in [0.4, 0.5) is 5.00 Å². The maximum Gasteiger partial charge on any atom is 0.264 e. The summed E-state index contributed by atoms with van der Waals surface area (Å²) in [6.07, 6.45) is 3.68. The predicted molar refractivity (Wildman–Crippen MR) is 120 cm³/mol. The second-order valence-corrected chi connectivity index (χ2v) is 10.6. The van der Waals surface area contributed by atoms with E-state index in [1.165, 1.54) is 11.3 Å². The average molecular weight is 470 g/mol. The molecule has 1 saturated heterocycles. The van der Waals surface area contributed by atoms with Crippen molar-refractivity contribution in [1.29, 1.82) is 0 Å². The first-order chi connectivity index (χ1) is 14.2. The molecule has 0 radical (unpaired) electrons. The van der Waals surface area contributed by atoms with Crippen LogP contribution in [0.1, 0.15) is 44.9 Å². The molecule has 1 atom stereocenters. The molecule has 3 rings (SSSR count). The van der Waals surface area contributed by atoms with Crippen molar-refractivity contribution in [1.82, 2.24) is 9.62 Å². The van der Waals surface area contributed by atoms with Gasteiger partial charge in [-0.05, 0) is 49.9 Å². The highest BCUT2D eigenvalue weighted by atomic mass is 35.5. The summed E-state index contributed by atoms with van der Waals surface area (Å²) in [6, 6.07) is 8.34. The number of likely N-dealkylation sites (tertiary alicyclic amines) is 1. The van der Waals surface area contributed by atoms with Crippen LogP contribution in [-0.2, 0) is 10.0 Å². The molecule has 10 heteroatoms. The minimum atomic E-state index is -3.33. The minimum Gasteiger partial charge on any atom is -0.334 e. The minimum absolute atomic E-state index is 0.143. The molecule has 1 aliphatic rings. The highest BCUT2D eigenvalue weighted by Crippen LogP contribution is 2.30. The zero-order valence-electron chi connectivity index (χ0n) is 16.8. The van der Waals surface area contributed by atoms with E-state index < -0.39 is 10.0 Å². The third kappa shape index (κ3) is 5.60. The van der Waals surface area contributed by atoms with Gasteiger partial charge in [0, 0.05) is 19.1 Å². The summed E-state index contributed by atoms with van der Waals surface area (Å²) in [5.74, 6) is -0.482. The molecule has 162 valence electrons. The van der Waals surface area contributed by atoms with Crippen molar-refractivity contribution in [2.45, 2.75) is 32.2 Å². The Morgan fingerprint density at radius 3 is 2.70 bits per heavy atom. The lowest BCUT2D eigenvalue weighted by Crippen LogP contribution is -2.49. The van der Waals surface area contributed by atoms with Crippen LogP contribution in [0, 0.1) is 6.92 Å². The Labute approximate surface area is 185 Å². The van der Waals surface area contributed by atoms with Gasteiger partial charge in [0.15, 0.2) is 0 Å². The van der Waals surface area contributed by atoms with Gasteiger partial charge in [0.1, 0.15) is 0 Å². The molecule has 0 saturated carbocycles. The summed E-state index contributed by atoms with van der Waals surface area (Å²) in [6.45, 7) is 2.60. The summed E-state index contributed by atoms with van der Waals surface area (Å²) in [4.78, 5) is 28.0. The Balaban J connectivity index is 1.75. The molecule has 0 bridgehead atoms. The summed E-state index contributed by atoms with van der Waals surface area (Å²) >= 11 is 7.30. The molecule has 2 heterocycles. The molecule has 2 aromatic rings. The number of hydrogen-bond donors (Lipinski definition) is 2. The summed E-state index contributed by atoms with van der Waals surface area (Å²) in [5.41, 5.74) is 1.13.